The molecule has 0 aliphatic rings. The van der Waals surface area contributed by atoms with Crippen molar-refractivity contribution in [2.24, 2.45) is 10.8 Å². The van der Waals surface area contributed by atoms with E-state index in [1.54, 1.807) is 30.3 Å². The largest absolute Gasteiger partial charge is 0.493 e. The molecule has 2 aromatic carbocycles. The van der Waals surface area contributed by atoms with Crippen molar-refractivity contribution in [1.29, 1.82) is 0 Å². The second-order valence-electron chi connectivity index (χ2n) is 4.56. The van der Waals surface area contributed by atoms with E-state index in [9.17, 15) is 9.18 Å². The Labute approximate surface area is 132 Å². The van der Waals surface area contributed by atoms with Crippen LogP contribution >= 0.6 is 0 Å². The van der Waals surface area contributed by atoms with Crippen LogP contribution in [0.25, 0.3) is 0 Å². The van der Waals surface area contributed by atoms with Gasteiger partial charge in [0.05, 0.1) is 13.3 Å². The maximum Gasteiger partial charge on any atom is 0.332 e. The molecule has 120 valence electrons. The Bertz CT molecular complexity index is 719. The lowest BCUT2D eigenvalue weighted by Gasteiger charge is -2.11. The van der Waals surface area contributed by atoms with Crippen molar-refractivity contribution in [2.45, 2.75) is 6.61 Å². The first-order valence-electron chi connectivity index (χ1n) is 6.72. The molecule has 0 unspecified atom stereocenters. The maximum absolute atomic E-state index is 13.2. The number of amides is 2. The van der Waals surface area contributed by atoms with Crippen molar-refractivity contribution in [3.8, 4) is 11.5 Å². The highest BCUT2D eigenvalue weighted by Crippen LogP contribution is 2.28. The van der Waals surface area contributed by atoms with Crippen molar-refractivity contribution < 1.29 is 18.7 Å². The number of nitrogens with zero attached hydrogens (tertiary/aromatic N) is 1. The Morgan fingerprint density at radius 1 is 1.30 bits per heavy atom. The Balaban J connectivity index is 2.12. The first-order chi connectivity index (χ1) is 11.1. The van der Waals surface area contributed by atoms with Crippen LogP contribution in [0.3, 0.4) is 0 Å². The van der Waals surface area contributed by atoms with E-state index < -0.39 is 6.03 Å². The minimum Gasteiger partial charge on any atom is -0.493 e. The van der Waals surface area contributed by atoms with Gasteiger partial charge in [0.15, 0.2) is 11.5 Å². The van der Waals surface area contributed by atoms with Gasteiger partial charge >= 0.3 is 6.03 Å². The summed E-state index contributed by atoms with van der Waals surface area (Å²) in [5.41, 5.74) is 8.39. The summed E-state index contributed by atoms with van der Waals surface area (Å²) in [5.74, 6) is 0.678. The topological polar surface area (TPSA) is 85.9 Å². The zero-order valence-corrected chi connectivity index (χ0v) is 12.5. The van der Waals surface area contributed by atoms with Crippen molar-refractivity contribution in [3.63, 3.8) is 0 Å². The van der Waals surface area contributed by atoms with E-state index in [1.165, 1.54) is 25.5 Å². The van der Waals surface area contributed by atoms with E-state index in [2.05, 4.69) is 10.5 Å². The van der Waals surface area contributed by atoms with Gasteiger partial charge in [-0.3, -0.25) is 0 Å². The monoisotopic (exact) mass is 317 g/mol. The molecule has 2 aromatic rings. The first-order valence-corrected chi connectivity index (χ1v) is 6.72. The molecule has 23 heavy (non-hydrogen) atoms. The van der Waals surface area contributed by atoms with E-state index in [0.29, 0.717) is 22.6 Å². The summed E-state index contributed by atoms with van der Waals surface area (Å²) in [6, 6.07) is 10.5. The Hall–Kier alpha value is -3.09. The molecule has 0 radical (unpaired) electrons. The van der Waals surface area contributed by atoms with E-state index in [0.717, 1.165) is 0 Å². The van der Waals surface area contributed by atoms with Crippen LogP contribution in [0.1, 0.15) is 11.1 Å². The zero-order valence-electron chi connectivity index (χ0n) is 12.5. The van der Waals surface area contributed by atoms with Gasteiger partial charge in [-0.15, -0.1) is 0 Å². The van der Waals surface area contributed by atoms with Gasteiger partial charge in [-0.1, -0.05) is 12.1 Å². The first kappa shape index (κ1) is 16.3. The van der Waals surface area contributed by atoms with Crippen molar-refractivity contribution in [3.05, 3.63) is 59.4 Å². The predicted molar refractivity (Wildman–Crippen MR) is 84.0 cm³/mol. The SMILES string of the molecule is COc1ccc(C=NNC(N)=O)cc1OCc1cccc(F)c1. The summed E-state index contributed by atoms with van der Waals surface area (Å²) < 4.78 is 24.1. The average molecular weight is 317 g/mol. The van der Waals surface area contributed by atoms with Gasteiger partial charge in [0, 0.05) is 0 Å². The minimum atomic E-state index is -0.752. The summed E-state index contributed by atoms with van der Waals surface area (Å²) in [4.78, 5) is 10.6. The fraction of sp³-hybridized carbons (Fsp3) is 0.125. The second-order valence-corrected chi connectivity index (χ2v) is 4.56. The summed E-state index contributed by atoms with van der Waals surface area (Å²) in [5, 5.41) is 3.67. The van der Waals surface area contributed by atoms with Crippen LogP contribution in [-0.4, -0.2) is 19.4 Å². The van der Waals surface area contributed by atoms with Crippen molar-refractivity contribution in [1.82, 2.24) is 5.43 Å². The molecule has 0 saturated heterocycles. The third kappa shape index (κ3) is 4.99. The number of hydrogen-bond acceptors (Lipinski definition) is 4. The number of nitrogens with two attached hydrogens (primary N) is 1. The fourth-order valence-electron chi connectivity index (χ4n) is 1.84. The molecule has 2 rings (SSSR count). The Morgan fingerprint density at radius 3 is 2.83 bits per heavy atom. The van der Waals surface area contributed by atoms with Gasteiger partial charge in [0.2, 0.25) is 0 Å². The van der Waals surface area contributed by atoms with Crippen molar-refractivity contribution in [2.75, 3.05) is 7.11 Å². The number of carbonyl (C=O) groups excluding carboxylic acids is 1. The van der Waals surface area contributed by atoms with E-state index in [-0.39, 0.29) is 12.4 Å². The molecule has 0 aliphatic heterocycles. The van der Waals surface area contributed by atoms with E-state index in [4.69, 9.17) is 15.2 Å². The number of benzene rings is 2. The highest BCUT2D eigenvalue weighted by atomic mass is 19.1. The van der Waals surface area contributed by atoms with Crippen molar-refractivity contribution >= 4 is 12.2 Å². The fourth-order valence-corrected chi connectivity index (χ4v) is 1.84. The quantitative estimate of drug-likeness (QED) is 0.633. The van der Waals surface area contributed by atoms with Gasteiger partial charge in [0.1, 0.15) is 12.4 Å². The minimum absolute atomic E-state index is 0.189. The van der Waals surface area contributed by atoms with Crippen LogP contribution in [0.2, 0.25) is 0 Å². The standard InChI is InChI=1S/C16H16FN3O3/c1-22-14-6-5-11(9-19-20-16(18)21)8-15(14)23-10-12-3-2-4-13(17)7-12/h2-9H,10H2,1H3,(H3,18,20,21). The molecular weight excluding hydrogens is 301 g/mol. The number of hydrazone groups is 1. The number of primary amides is 1. The lowest BCUT2D eigenvalue weighted by Crippen LogP contribution is -2.24. The highest BCUT2D eigenvalue weighted by molar-refractivity contribution is 5.82. The summed E-state index contributed by atoms with van der Waals surface area (Å²) >= 11 is 0. The Morgan fingerprint density at radius 2 is 2.13 bits per heavy atom. The molecule has 0 aliphatic carbocycles. The third-order valence-corrected chi connectivity index (χ3v) is 2.86. The lowest BCUT2D eigenvalue weighted by molar-refractivity contribution is 0.249. The summed E-state index contributed by atoms with van der Waals surface area (Å²) in [6.45, 7) is 0.189. The molecule has 3 N–H and O–H groups in total. The van der Waals surface area contributed by atoms with Crippen LogP contribution in [0.15, 0.2) is 47.6 Å². The smallest absolute Gasteiger partial charge is 0.332 e. The predicted octanol–water partition coefficient (Wildman–Crippen LogP) is 2.42. The number of ether oxygens (including phenoxy) is 2. The van der Waals surface area contributed by atoms with Gasteiger partial charge < -0.3 is 15.2 Å². The zero-order chi connectivity index (χ0) is 16.7. The molecular formula is C16H16FN3O3. The van der Waals surface area contributed by atoms with Gasteiger partial charge in [-0.25, -0.2) is 14.6 Å². The number of halogens is 1. The maximum atomic E-state index is 13.2. The third-order valence-electron chi connectivity index (χ3n) is 2.86. The molecule has 0 aromatic heterocycles. The van der Waals surface area contributed by atoms with Crippen LogP contribution in [0, 0.1) is 5.82 Å². The molecule has 0 spiro atoms. The lowest BCUT2D eigenvalue weighted by atomic mass is 10.2. The number of rotatable bonds is 6. The van der Waals surface area contributed by atoms with Crippen LogP contribution in [-0.2, 0) is 6.61 Å². The van der Waals surface area contributed by atoms with Gasteiger partial charge in [0.25, 0.3) is 0 Å². The number of urea groups is 1. The van der Waals surface area contributed by atoms with E-state index >= 15 is 0 Å². The molecule has 7 heteroatoms. The number of methoxy groups -OCH3 is 1. The molecule has 0 fully saturated rings. The average Bonchev–Trinajstić information content (AvgIpc) is 2.53. The number of carbonyl (C=O) groups is 1. The molecule has 6 nitrogen and oxygen atoms in total. The normalized spacial score (nSPS) is 10.5. The molecule has 2 amide bonds. The number of hydrogen-bond donors (Lipinski definition) is 2. The van der Waals surface area contributed by atoms with E-state index in [1.807, 2.05) is 0 Å². The van der Waals surface area contributed by atoms with Crippen LogP contribution < -0.4 is 20.6 Å². The molecule has 0 saturated carbocycles. The summed E-state index contributed by atoms with van der Waals surface area (Å²) in [7, 11) is 1.52. The van der Waals surface area contributed by atoms with Crippen LogP contribution in [0.5, 0.6) is 11.5 Å². The molecule has 0 heterocycles. The van der Waals surface area contributed by atoms with Gasteiger partial charge in [-0.05, 0) is 41.5 Å². The van der Waals surface area contributed by atoms with Crippen LogP contribution in [0.4, 0.5) is 9.18 Å². The second kappa shape index (κ2) is 7.79. The Kier molecular flexibility index (Phi) is 5.51. The molecule has 0 bridgehead atoms. The number of nitrogens with one attached hydrogen (secondary N) is 1. The highest BCUT2D eigenvalue weighted by Gasteiger charge is 2.06. The van der Waals surface area contributed by atoms with Gasteiger partial charge in [-0.2, -0.15) is 5.10 Å². The summed E-state index contributed by atoms with van der Waals surface area (Å²) in [6.07, 6.45) is 1.42. The molecule has 0 atom stereocenters.